The van der Waals surface area contributed by atoms with Crippen molar-refractivity contribution in [3.05, 3.63) is 28.8 Å². The quantitative estimate of drug-likeness (QED) is 0.851. The molecule has 0 amide bonds. The van der Waals surface area contributed by atoms with Crippen molar-refractivity contribution in [1.82, 2.24) is 5.32 Å². The normalized spacial score (nSPS) is 24.1. The molecule has 0 bridgehead atoms. The van der Waals surface area contributed by atoms with Crippen LogP contribution in [0.1, 0.15) is 52.1 Å². The van der Waals surface area contributed by atoms with Gasteiger partial charge in [-0.1, -0.05) is 31.5 Å². The number of hydrogen-bond acceptors (Lipinski definition) is 2. The monoisotopic (exact) mass is 294 g/mol. The molecular formula is C17H27ClN2. The smallest absolute Gasteiger partial charge is 0.0474 e. The van der Waals surface area contributed by atoms with Gasteiger partial charge in [0.2, 0.25) is 0 Å². The Morgan fingerprint density at radius 3 is 2.70 bits per heavy atom. The third kappa shape index (κ3) is 3.48. The summed E-state index contributed by atoms with van der Waals surface area (Å²) in [5.41, 5.74) is 2.46. The van der Waals surface area contributed by atoms with E-state index in [2.05, 4.69) is 56.1 Å². The molecule has 20 heavy (non-hydrogen) atoms. The molecule has 1 N–H and O–H groups in total. The van der Waals surface area contributed by atoms with Crippen LogP contribution in [-0.2, 0) is 0 Å². The van der Waals surface area contributed by atoms with Gasteiger partial charge in [-0.25, -0.2) is 0 Å². The summed E-state index contributed by atoms with van der Waals surface area (Å²) in [4.78, 5) is 2.48. The Kier molecular flexibility index (Phi) is 5.34. The second-order valence-electron chi connectivity index (χ2n) is 6.22. The Hall–Kier alpha value is -0.730. The Morgan fingerprint density at radius 1 is 1.40 bits per heavy atom. The first-order valence-electron chi connectivity index (χ1n) is 7.82. The lowest BCUT2D eigenvalue weighted by Crippen LogP contribution is -2.26. The van der Waals surface area contributed by atoms with Crippen molar-refractivity contribution in [2.75, 3.05) is 18.0 Å². The second kappa shape index (κ2) is 6.82. The molecule has 3 atom stereocenters. The Balaban J connectivity index is 2.13. The number of nitrogens with zero attached hydrogens (tertiary/aromatic N) is 1. The molecular weight excluding hydrogens is 268 g/mol. The standard InChI is InChI=1S/C17H27ClN2/c1-5-8-19-14(4)16-7-6-15(10-17(16)18)20-11-12(2)9-13(20)3/h6-7,10,12-14,19H,5,8-9,11H2,1-4H3. The second-order valence-corrected chi connectivity index (χ2v) is 6.63. The van der Waals surface area contributed by atoms with Crippen LogP contribution in [0.3, 0.4) is 0 Å². The molecule has 0 aromatic heterocycles. The molecule has 112 valence electrons. The highest BCUT2D eigenvalue weighted by Gasteiger charge is 2.26. The number of rotatable bonds is 5. The molecule has 1 aromatic carbocycles. The van der Waals surface area contributed by atoms with Crippen LogP contribution in [0.15, 0.2) is 18.2 Å². The lowest BCUT2D eigenvalue weighted by atomic mass is 10.1. The molecule has 1 aliphatic rings. The summed E-state index contributed by atoms with van der Waals surface area (Å²) in [6.45, 7) is 11.2. The van der Waals surface area contributed by atoms with Gasteiger partial charge in [0.25, 0.3) is 0 Å². The van der Waals surface area contributed by atoms with Crippen LogP contribution < -0.4 is 10.2 Å². The van der Waals surface area contributed by atoms with Crippen molar-refractivity contribution in [2.24, 2.45) is 5.92 Å². The zero-order chi connectivity index (χ0) is 14.7. The van der Waals surface area contributed by atoms with Gasteiger partial charge >= 0.3 is 0 Å². The minimum atomic E-state index is 0.312. The van der Waals surface area contributed by atoms with Crippen molar-refractivity contribution in [3.63, 3.8) is 0 Å². The van der Waals surface area contributed by atoms with Gasteiger partial charge in [-0.15, -0.1) is 0 Å². The third-order valence-corrected chi connectivity index (χ3v) is 4.59. The molecule has 2 rings (SSSR count). The highest BCUT2D eigenvalue weighted by Crippen LogP contribution is 2.33. The highest BCUT2D eigenvalue weighted by molar-refractivity contribution is 6.31. The molecule has 0 spiro atoms. The summed E-state index contributed by atoms with van der Waals surface area (Å²) >= 11 is 6.50. The molecule has 1 saturated heterocycles. The Bertz CT molecular complexity index is 447. The van der Waals surface area contributed by atoms with E-state index in [0.717, 1.165) is 30.5 Å². The Labute approximate surface area is 128 Å². The maximum atomic E-state index is 6.50. The van der Waals surface area contributed by atoms with E-state index >= 15 is 0 Å². The first-order chi connectivity index (χ1) is 9.52. The minimum absolute atomic E-state index is 0.312. The summed E-state index contributed by atoms with van der Waals surface area (Å²) < 4.78 is 0. The minimum Gasteiger partial charge on any atom is -0.369 e. The Morgan fingerprint density at radius 2 is 2.15 bits per heavy atom. The maximum Gasteiger partial charge on any atom is 0.0474 e. The molecule has 2 nitrogen and oxygen atoms in total. The summed E-state index contributed by atoms with van der Waals surface area (Å²) in [6, 6.07) is 7.46. The number of anilines is 1. The van der Waals surface area contributed by atoms with Crippen LogP contribution in [-0.4, -0.2) is 19.1 Å². The number of halogens is 1. The number of benzene rings is 1. The molecule has 1 fully saturated rings. The van der Waals surface area contributed by atoms with E-state index in [1.165, 1.54) is 17.7 Å². The van der Waals surface area contributed by atoms with Crippen LogP contribution >= 0.6 is 11.6 Å². The molecule has 0 radical (unpaired) electrons. The van der Waals surface area contributed by atoms with E-state index in [-0.39, 0.29) is 0 Å². The van der Waals surface area contributed by atoms with E-state index in [1.54, 1.807) is 0 Å². The van der Waals surface area contributed by atoms with Crippen molar-refractivity contribution in [3.8, 4) is 0 Å². The SMILES string of the molecule is CCCNC(C)c1ccc(N2CC(C)CC2C)cc1Cl. The summed E-state index contributed by atoms with van der Waals surface area (Å²) in [6.07, 6.45) is 2.41. The number of nitrogens with one attached hydrogen (secondary N) is 1. The predicted molar refractivity (Wildman–Crippen MR) is 88.7 cm³/mol. The van der Waals surface area contributed by atoms with E-state index < -0.39 is 0 Å². The molecule has 1 aliphatic heterocycles. The van der Waals surface area contributed by atoms with Gasteiger partial charge in [0, 0.05) is 29.3 Å². The van der Waals surface area contributed by atoms with Crippen LogP contribution in [0, 0.1) is 5.92 Å². The first kappa shape index (κ1) is 15.7. The van der Waals surface area contributed by atoms with E-state index in [1.807, 2.05) is 0 Å². The van der Waals surface area contributed by atoms with E-state index in [4.69, 9.17) is 11.6 Å². The van der Waals surface area contributed by atoms with Gasteiger partial charge in [-0.3, -0.25) is 0 Å². The lowest BCUT2D eigenvalue weighted by molar-refractivity contribution is 0.571. The van der Waals surface area contributed by atoms with Gasteiger partial charge in [0.15, 0.2) is 0 Å². The highest BCUT2D eigenvalue weighted by atomic mass is 35.5. The lowest BCUT2D eigenvalue weighted by Gasteiger charge is -2.25. The maximum absolute atomic E-state index is 6.50. The van der Waals surface area contributed by atoms with E-state index in [0.29, 0.717) is 12.1 Å². The fraction of sp³-hybridized carbons (Fsp3) is 0.647. The van der Waals surface area contributed by atoms with Crippen molar-refractivity contribution >= 4 is 17.3 Å². The van der Waals surface area contributed by atoms with Crippen molar-refractivity contribution < 1.29 is 0 Å². The van der Waals surface area contributed by atoms with Gasteiger partial charge in [0.05, 0.1) is 0 Å². The van der Waals surface area contributed by atoms with Gasteiger partial charge < -0.3 is 10.2 Å². The van der Waals surface area contributed by atoms with Gasteiger partial charge in [0.1, 0.15) is 0 Å². The van der Waals surface area contributed by atoms with Gasteiger partial charge in [-0.05, 0) is 56.8 Å². The zero-order valence-electron chi connectivity index (χ0n) is 13.1. The first-order valence-corrected chi connectivity index (χ1v) is 8.20. The topological polar surface area (TPSA) is 15.3 Å². The fourth-order valence-corrected chi connectivity index (χ4v) is 3.51. The van der Waals surface area contributed by atoms with Crippen molar-refractivity contribution in [1.29, 1.82) is 0 Å². The van der Waals surface area contributed by atoms with Gasteiger partial charge in [-0.2, -0.15) is 0 Å². The molecule has 1 heterocycles. The largest absolute Gasteiger partial charge is 0.369 e. The van der Waals surface area contributed by atoms with Crippen LogP contribution in [0.4, 0.5) is 5.69 Å². The zero-order valence-corrected chi connectivity index (χ0v) is 13.9. The summed E-state index contributed by atoms with van der Waals surface area (Å²) in [5.74, 6) is 0.772. The van der Waals surface area contributed by atoms with Crippen LogP contribution in [0.5, 0.6) is 0 Å². The number of hydrogen-bond donors (Lipinski definition) is 1. The third-order valence-electron chi connectivity index (χ3n) is 4.27. The molecule has 0 aliphatic carbocycles. The summed E-state index contributed by atoms with van der Waals surface area (Å²) in [7, 11) is 0. The average molecular weight is 295 g/mol. The fourth-order valence-electron chi connectivity index (χ4n) is 3.18. The molecule has 0 saturated carbocycles. The van der Waals surface area contributed by atoms with Crippen LogP contribution in [0.25, 0.3) is 0 Å². The molecule has 1 aromatic rings. The van der Waals surface area contributed by atoms with Crippen molar-refractivity contribution in [2.45, 2.75) is 52.6 Å². The predicted octanol–water partition coefficient (Wildman–Crippen LogP) is 4.64. The van der Waals surface area contributed by atoms with E-state index in [9.17, 15) is 0 Å². The molecule has 3 heteroatoms. The molecule has 3 unspecified atom stereocenters. The average Bonchev–Trinajstić information content (AvgIpc) is 2.75. The summed E-state index contributed by atoms with van der Waals surface area (Å²) in [5, 5.41) is 4.38. The van der Waals surface area contributed by atoms with Crippen LogP contribution in [0.2, 0.25) is 5.02 Å².